The van der Waals surface area contributed by atoms with Crippen LogP contribution in [0.2, 0.25) is 0 Å². The van der Waals surface area contributed by atoms with E-state index in [1.54, 1.807) is 6.20 Å². The summed E-state index contributed by atoms with van der Waals surface area (Å²) in [4.78, 5) is 11.5. The Balaban J connectivity index is 1.44. The molecule has 2 aromatic heterocycles. The molecule has 0 bridgehead atoms. The number of piperazine rings is 1. The SMILES string of the molecule is C[C@H](CC(F)(F)F)Nc1ncc2c(-c3ccc(CN4CCNCC4)cc3)cn([C@H]3CC[C@H](O)CC3)c2n1. The van der Waals surface area contributed by atoms with Crippen molar-refractivity contribution in [3.8, 4) is 11.1 Å². The lowest BCUT2D eigenvalue weighted by atomic mass is 9.93. The molecule has 1 saturated heterocycles. The van der Waals surface area contributed by atoms with Crippen LogP contribution in [0.3, 0.4) is 0 Å². The van der Waals surface area contributed by atoms with E-state index < -0.39 is 18.6 Å². The van der Waals surface area contributed by atoms with Crippen molar-refractivity contribution in [2.24, 2.45) is 0 Å². The van der Waals surface area contributed by atoms with Crippen molar-refractivity contribution in [3.63, 3.8) is 0 Å². The van der Waals surface area contributed by atoms with Gasteiger partial charge in [-0.2, -0.15) is 18.2 Å². The van der Waals surface area contributed by atoms with Gasteiger partial charge in [-0.25, -0.2) is 4.98 Å². The van der Waals surface area contributed by atoms with Crippen LogP contribution < -0.4 is 10.6 Å². The Kier molecular flexibility index (Phi) is 7.69. The van der Waals surface area contributed by atoms with Gasteiger partial charge in [-0.05, 0) is 43.7 Å². The third-order valence-corrected chi connectivity index (χ3v) is 7.43. The molecule has 3 N–H and O–H groups in total. The van der Waals surface area contributed by atoms with Crippen LogP contribution in [0.5, 0.6) is 0 Å². The maximum atomic E-state index is 12.8. The summed E-state index contributed by atoms with van der Waals surface area (Å²) in [6.45, 7) is 6.52. The standard InChI is InChI=1S/C27H35F3N6O/c1-18(14-27(28,29)30)33-26-32-15-23-24(17-36(25(23)34-26)21-6-8-22(37)9-7-21)20-4-2-19(3-5-20)16-35-12-10-31-11-13-35/h2-5,15,17-18,21-22,31,37H,6-14,16H2,1H3,(H,32,33,34)/t18-,21-,22-/m1/s1. The number of hydrogen-bond donors (Lipinski definition) is 3. The van der Waals surface area contributed by atoms with E-state index in [2.05, 4.69) is 60.5 Å². The number of benzene rings is 1. The first kappa shape index (κ1) is 25.9. The zero-order valence-corrected chi connectivity index (χ0v) is 21.1. The highest BCUT2D eigenvalue weighted by atomic mass is 19.4. The van der Waals surface area contributed by atoms with Crippen molar-refractivity contribution in [2.45, 2.75) is 69.9 Å². The fourth-order valence-electron chi connectivity index (χ4n) is 5.48. The molecule has 1 saturated carbocycles. The summed E-state index contributed by atoms with van der Waals surface area (Å²) in [5.41, 5.74) is 4.03. The van der Waals surface area contributed by atoms with E-state index in [0.29, 0.717) is 5.65 Å². The Morgan fingerprint density at radius 2 is 1.81 bits per heavy atom. The number of nitrogens with zero attached hydrogens (tertiary/aromatic N) is 4. The number of anilines is 1. The number of halogens is 3. The van der Waals surface area contributed by atoms with E-state index in [1.165, 1.54) is 12.5 Å². The summed E-state index contributed by atoms with van der Waals surface area (Å²) in [5.74, 6) is 0.192. The molecule has 0 unspecified atom stereocenters. The number of alkyl halides is 3. The fraction of sp³-hybridized carbons (Fsp3) is 0.556. The minimum atomic E-state index is -4.26. The summed E-state index contributed by atoms with van der Waals surface area (Å²) in [5, 5.41) is 17.1. The first-order chi connectivity index (χ1) is 17.7. The normalized spacial score (nSPS) is 22.3. The molecule has 1 aliphatic heterocycles. The second kappa shape index (κ2) is 11.0. The van der Waals surface area contributed by atoms with Crippen molar-refractivity contribution >= 4 is 17.0 Å². The zero-order chi connectivity index (χ0) is 26.0. The fourth-order valence-corrected chi connectivity index (χ4v) is 5.48. The van der Waals surface area contributed by atoms with Crippen molar-refractivity contribution in [2.75, 3.05) is 31.5 Å². The Morgan fingerprint density at radius 3 is 2.49 bits per heavy atom. The molecular formula is C27H35F3N6O. The Hall–Kier alpha value is -2.69. The molecule has 1 atom stereocenters. The molecule has 1 aliphatic carbocycles. The maximum Gasteiger partial charge on any atom is 0.391 e. The first-order valence-electron chi connectivity index (χ1n) is 13.2. The summed E-state index contributed by atoms with van der Waals surface area (Å²) in [7, 11) is 0. The predicted octanol–water partition coefficient (Wildman–Crippen LogP) is 4.73. The lowest BCUT2D eigenvalue weighted by Gasteiger charge is -2.27. The molecule has 5 rings (SSSR count). The largest absolute Gasteiger partial charge is 0.393 e. The van der Waals surface area contributed by atoms with Gasteiger partial charge in [0.25, 0.3) is 0 Å². The molecular weight excluding hydrogens is 481 g/mol. The highest BCUT2D eigenvalue weighted by molar-refractivity contribution is 5.94. The highest BCUT2D eigenvalue weighted by Crippen LogP contribution is 2.37. The topological polar surface area (TPSA) is 78.2 Å². The second-order valence-electron chi connectivity index (χ2n) is 10.4. The minimum Gasteiger partial charge on any atom is -0.393 e. The van der Waals surface area contributed by atoms with Gasteiger partial charge >= 0.3 is 6.18 Å². The molecule has 0 radical (unpaired) electrons. The van der Waals surface area contributed by atoms with Crippen LogP contribution in [0.4, 0.5) is 19.1 Å². The molecule has 200 valence electrons. The third-order valence-electron chi connectivity index (χ3n) is 7.43. The lowest BCUT2D eigenvalue weighted by Crippen LogP contribution is -2.42. The summed E-state index contributed by atoms with van der Waals surface area (Å²) in [6.07, 6.45) is 1.40. The van der Waals surface area contributed by atoms with Crippen LogP contribution in [-0.2, 0) is 6.54 Å². The molecule has 2 aliphatic rings. The van der Waals surface area contributed by atoms with Crippen LogP contribution in [0.25, 0.3) is 22.2 Å². The molecule has 1 aromatic carbocycles. The number of aliphatic hydroxyl groups excluding tert-OH is 1. The molecule has 3 aromatic rings. The van der Waals surface area contributed by atoms with Crippen LogP contribution >= 0.6 is 0 Å². The van der Waals surface area contributed by atoms with Gasteiger partial charge in [0.1, 0.15) is 5.65 Å². The van der Waals surface area contributed by atoms with E-state index >= 15 is 0 Å². The molecule has 37 heavy (non-hydrogen) atoms. The van der Waals surface area contributed by atoms with Gasteiger partial charge in [0, 0.05) is 68.2 Å². The van der Waals surface area contributed by atoms with Gasteiger partial charge in [0.05, 0.1) is 12.5 Å². The number of nitrogens with one attached hydrogen (secondary N) is 2. The first-order valence-corrected chi connectivity index (χ1v) is 13.2. The molecule has 7 nitrogen and oxygen atoms in total. The quantitative estimate of drug-likeness (QED) is 0.421. The Morgan fingerprint density at radius 1 is 1.11 bits per heavy atom. The van der Waals surface area contributed by atoms with Crippen molar-refractivity contribution in [1.82, 2.24) is 24.8 Å². The number of rotatable bonds is 7. The van der Waals surface area contributed by atoms with E-state index in [-0.39, 0.29) is 18.1 Å². The predicted molar refractivity (Wildman–Crippen MR) is 138 cm³/mol. The zero-order valence-electron chi connectivity index (χ0n) is 21.1. The van der Waals surface area contributed by atoms with Gasteiger partial charge in [0.15, 0.2) is 0 Å². The smallest absolute Gasteiger partial charge is 0.391 e. The van der Waals surface area contributed by atoms with Crippen molar-refractivity contribution in [3.05, 3.63) is 42.2 Å². The van der Waals surface area contributed by atoms with Crippen molar-refractivity contribution in [1.29, 1.82) is 0 Å². The van der Waals surface area contributed by atoms with Gasteiger partial charge in [-0.3, -0.25) is 4.90 Å². The lowest BCUT2D eigenvalue weighted by molar-refractivity contribution is -0.136. The Labute approximate surface area is 215 Å². The number of aliphatic hydroxyl groups is 1. The molecule has 0 amide bonds. The number of aromatic nitrogens is 3. The minimum absolute atomic E-state index is 0.169. The second-order valence-corrected chi connectivity index (χ2v) is 10.4. The van der Waals surface area contributed by atoms with Gasteiger partial charge in [-0.1, -0.05) is 24.3 Å². The van der Waals surface area contributed by atoms with E-state index in [9.17, 15) is 18.3 Å². The van der Waals surface area contributed by atoms with Crippen LogP contribution in [0.15, 0.2) is 36.7 Å². The molecule has 0 spiro atoms. The molecule has 3 heterocycles. The van der Waals surface area contributed by atoms with E-state index in [1.807, 2.05) is 0 Å². The van der Waals surface area contributed by atoms with E-state index in [0.717, 1.165) is 74.9 Å². The average molecular weight is 517 g/mol. The molecule has 2 fully saturated rings. The van der Waals surface area contributed by atoms with Crippen LogP contribution in [0, 0.1) is 0 Å². The maximum absolute atomic E-state index is 12.8. The van der Waals surface area contributed by atoms with Gasteiger partial charge < -0.3 is 20.3 Å². The number of hydrogen-bond acceptors (Lipinski definition) is 6. The highest BCUT2D eigenvalue weighted by Gasteiger charge is 2.30. The third kappa shape index (κ3) is 6.42. The summed E-state index contributed by atoms with van der Waals surface area (Å²) in [6, 6.07) is 7.90. The van der Waals surface area contributed by atoms with Crippen molar-refractivity contribution < 1.29 is 18.3 Å². The van der Waals surface area contributed by atoms with Crippen LogP contribution in [-0.4, -0.2) is 69.0 Å². The summed E-state index contributed by atoms with van der Waals surface area (Å²) >= 11 is 0. The van der Waals surface area contributed by atoms with Crippen LogP contribution in [0.1, 0.15) is 50.6 Å². The van der Waals surface area contributed by atoms with Gasteiger partial charge in [-0.15, -0.1) is 0 Å². The Bertz CT molecular complexity index is 1180. The number of fused-ring (bicyclic) bond motifs is 1. The summed E-state index contributed by atoms with van der Waals surface area (Å²) < 4.78 is 40.7. The average Bonchev–Trinajstić information content (AvgIpc) is 3.23. The molecule has 10 heteroatoms. The monoisotopic (exact) mass is 516 g/mol. The van der Waals surface area contributed by atoms with E-state index in [4.69, 9.17) is 0 Å². The van der Waals surface area contributed by atoms with Gasteiger partial charge in [0.2, 0.25) is 5.95 Å².